The van der Waals surface area contributed by atoms with E-state index in [0.29, 0.717) is 24.3 Å². The number of hydrogen-bond donors (Lipinski definition) is 2. The molecule has 0 aliphatic heterocycles. The molecule has 0 heterocycles. The number of carboxylic acids is 1. The molecule has 1 rings (SSSR count). The van der Waals surface area contributed by atoms with E-state index in [-0.39, 0.29) is 17.1 Å². The van der Waals surface area contributed by atoms with E-state index in [0.717, 1.165) is 5.56 Å². The molecular formula is C19H29NO4S. The fourth-order valence-electron chi connectivity index (χ4n) is 2.50. The molecule has 25 heavy (non-hydrogen) atoms. The normalized spacial score (nSPS) is 13.3. The van der Waals surface area contributed by atoms with Crippen LogP contribution in [0.2, 0.25) is 0 Å². The van der Waals surface area contributed by atoms with Crippen LogP contribution in [0, 0.1) is 5.41 Å². The summed E-state index contributed by atoms with van der Waals surface area (Å²) in [6, 6.07) is 7.22. The van der Waals surface area contributed by atoms with Crippen molar-refractivity contribution in [1.82, 2.24) is 0 Å². The monoisotopic (exact) mass is 367 g/mol. The minimum Gasteiger partial charge on any atom is -0.481 e. The Kier molecular flexibility index (Phi) is 7.35. The van der Waals surface area contributed by atoms with E-state index in [1.807, 2.05) is 26.8 Å². The van der Waals surface area contributed by atoms with E-state index in [9.17, 15) is 18.9 Å². The molecule has 1 aromatic rings. The van der Waals surface area contributed by atoms with Crippen LogP contribution in [0.3, 0.4) is 0 Å². The van der Waals surface area contributed by atoms with Gasteiger partial charge in [-0.3, -0.25) is 13.8 Å². The van der Waals surface area contributed by atoms with Crippen molar-refractivity contribution in [2.24, 2.45) is 5.41 Å². The Balaban J connectivity index is 2.83. The number of amides is 1. The zero-order valence-electron chi connectivity index (χ0n) is 15.7. The van der Waals surface area contributed by atoms with Gasteiger partial charge in [-0.05, 0) is 51.3 Å². The Bertz CT molecular complexity index is 645. The first-order valence-corrected chi connectivity index (χ1v) is 9.86. The van der Waals surface area contributed by atoms with Crippen molar-refractivity contribution < 1.29 is 18.9 Å². The summed E-state index contributed by atoms with van der Waals surface area (Å²) in [5.74, 6) is -0.849. The van der Waals surface area contributed by atoms with Crippen LogP contribution >= 0.6 is 0 Å². The van der Waals surface area contributed by atoms with Gasteiger partial charge in [-0.1, -0.05) is 26.0 Å². The van der Waals surface area contributed by atoms with Crippen molar-refractivity contribution in [3.8, 4) is 0 Å². The SMILES string of the molecule is CCC(CC)(CC(=O)Nc1cccc(CS(=O)C(C)(C)C)c1)C(=O)O. The highest BCUT2D eigenvalue weighted by Crippen LogP contribution is 2.31. The molecule has 1 unspecified atom stereocenters. The van der Waals surface area contributed by atoms with Gasteiger partial charge >= 0.3 is 5.97 Å². The average molecular weight is 368 g/mol. The largest absolute Gasteiger partial charge is 0.481 e. The number of anilines is 1. The molecule has 0 aromatic heterocycles. The maximum atomic E-state index is 12.3. The van der Waals surface area contributed by atoms with E-state index in [2.05, 4.69) is 5.32 Å². The Labute approximate surface area is 152 Å². The lowest BCUT2D eigenvalue weighted by molar-refractivity contribution is -0.151. The predicted molar refractivity (Wildman–Crippen MR) is 102 cm³/mol. The number of hydrogen-bond acceptors (Lipinski definition) is 3. The van der Waals surface area contributed by atoms with Gasteiger partial charge in [0, 0.05) is 33.4 Å². The number of rotatable bonds is 8. The molecule has 5 nitrogen and oxygen atoms in total. The highest BCUT2D eigenvalue weighted by molar-refractivity contribution is 7.85. The van der Waals surface area contributed by atoms with Crippen LogP contribution in [0.15, 0.2) is 24.3 Å². The summed E-state index contributed by atoms with van der Waals surface area (Å²) in [6.45, 7) is 9.35. The van der Waals surface area contributed by atoms with Crippen molar-refractivity contribution in [2.45, 2.75) is 64.4 Å². The van der Waals surface area contributed by atoms with Gasteiger partial charge in [0.1, 0.15) is 0 Å². The molecule has 0 aliphatic rings. The van der Waals surface area contributed by atoms with Crippen molar-refractivity contribution >= 4 is 28.4 Å². The van der Waals surface area contributed by atoms with Crippen LogP contribution in [-0.4, -0.2) is 25.9 Å². The standard InChI is InChI=1S/C19H29NO4S/c1-6-19(7-2,17(22)23)12-16(21)20-15-10-8-9-14(11-15)13-25(24)18(3,4)5/h8-11H,6-7,12-13H2,1-5H3,(H,20,21)(H,22,23). The molecule has 1 amide bonds. The van der Waals surface area contributed by atoms with E-state index in [4.69, 9.17) is 0 Å². The molecule has 0 saturated carbocycles. The van der Waals surface area contributed by atoms with Crippen LogP contribution < -0.4 is 5.32 Å². The summed E-state index contributed by atoms with van der Waals surface area (Å²) in [4.78, 5) is 23.8. The molecular weight excluding hydrogens is 338 g/mol. The number of nitrogens with one attached hydrogen (secondary N) is 1. The third kappa shape index (κ3) is 5.96. The van der Waals surface area contributed by atoms with Gasteiger partial charge in [-0.15, -0.1) is 0 Å². The fraction of sp³-hybridized carbons (Fsp3) is 0.579. The summed E-state index contributed by atoms with van der Waals surface area (Å²) < 4.78 is 12.0. The van der Waals surface area contributed by atoms with Crippen LogP contribution in [0.25, 0.3) is 0 Å². The Morgan fingerprint density at radius 1 is 1.16 bits per heavy atom. The fourth-order valence-corrected chi connectivity index (χ4v) is 3.41. The Hall–Kier alpha value is -1.69. The van der Waals surface area contributed by atoms with E-state index in [1.54, 1.807) is 32.0 Å². The van der Waals surface area contributed by atoms with Gasteiger partial charge in [-0.2, -0.15) is 0 Å². The first kappa shape index (κ1) is 21.4. The molecule has 0 spiro atoms. The first-order valence-electron chi connectivity index (χ1n) is 8.54. The zero-order chi connectivity index (χ0) is 19.3. The van der Waals surface area contributed by atoms with Gasteiger partial charge in [-0.25, -0.2) is 0 Å². The number of carbonyl (C=O) groups excluding carboxylic acids is 1. The topological polar surface area (TPSA) is 83.5 Å². The summed E-state index contributed by atoms with van der Waals surface area (Å²) in [7, 11) is -1.02. The zero-order valence-corrected chi connectivity index (χ0v) is 16.5. The number of carbonyl (C=O) groups is 2. The predicted octanol–water partition coefficient (Wildman–Crippen LogP) is 3.95. The second-order valence-electron chi connectivity index (χ2n) is 7.32. The molecule has 1 atom stereocenters. The molecule has 1 aromatic carbocycles. The van der Waals surface area contributed by atoms with Gasteiger partial charge < -0.3 is 10.4 Å². The van der Waals surface area contributed by atoms with Crippen LogP contribution in [0.5, 0.6) is 0 Å². The maximum absolute atomic E-state index is 12.3. The van der Waals surface area contributed by atoms with Crippen molar-refractivity contribution in [3.05, 3.63) is 29.8 Å². The van der Waals surface area contributed by atoms with Crippen LogP contribution in [0.1, 0.15) is 59.4 Å². The molecule has 0 bridgehead atoms. The third-order valence-electron chi connectivity index (χ3n) is 4.50. The van der Waals surface area contributed by atoms with Gasteiger partial charge in [0.05, 0.1) is 5.41 Å². The minimum absolute atomic E-state index is 0.0620. The number of aliphatic carboxylic acids is 1. The molecule has 6 heteroatoms. The third-order valence-corrected chi connectivity index (χ3v) is 6.46. The molecule has 0 radical (unpaired) electrons. The highest BCUT2D eigenvalue weighted by atomic mass is 32.2. The average Bonchev–Trinajstić information content (AvgIpc) is 2.51. The summed E-state index contributed by atoms with van der Waals surface area (Å²) >= 11 is 0. The lowest BCUT2D eigenvalue weighted by atomic mass is 9.79. The van der Waals surface area contributed by atoms with Gasteiger partial charge in [0.25, 0.3) is 0 Å². The van der Waals surface area contributed by atoms with Crippen molar-refractivity contribution in [3.63, 3.8) is 0 Å². The molecule has 0 saturated heterocycles. The first-order chi connectivity index (χ1) is 11.5. The number of benzene rings is 1. The second-order valence-corrected chi connectivity index (χ2v) is 9.52. The Morgan fingerprint density at radius 2 is 1.76 bits per heavy atom. The minimum atomic E-state index is -1.03. The highest BCUT2D eigenvalue weighted by Gasteiger charge is 2.37. The van der Waals surface area contributed by atoms with Crippen LogP contribution in [-0.2, 0) is 26.1 Å². The quantitative estimate of drug-likeness (QED) is 0.728. The van der Waals surface area contributed by atoms with E-state index < -0.39 is 22.2 Å². The van der Waals surface area contributed by atoms with Gasteiger partial charge in [0.2, 0.25) is 5.91 Å². The molecule has 0 fully saturated rings. The van der Waals surface area contributed by atoms with Crippen LogP contribution in [0.4, 0.5) is 5.69 Å². The lowest BCUT2D eigenvalue weighted by Gasteiger charge is -2.25. The lowest BCUT2D eigenvalue weighted by Crippen LogP contribution is -2.34. The summed E-state index contributed by atoms with van der Waals surface area (Å²) in [5.41, 5.74) is 0.441. The molecule has 0 aliphatic carbocycles. The molecule has 140 valence electrons. The maximum Gasteiger partial charge on any atom is 0.310 e. The smallest absolute Gasteiger partial charge is 0.310 e. The number of carboxylic acid groups (broad SMARTS) is 1. The van der Waals surface area contributed by atoms with E-state index in [1.165, 1.54) is 0 Å². The molecule has 2 N–H and O–H groups in total. The summed E-state index contributed by atoms with van der Waals surface area (Å²) in [6.07, 6.45) is 0.737. The van der Waals surface area contributed by atoms with E-state index >= 15 is 0 Å². The van der Waals surface area contributed by atoms with Crippen molar-refractivity contribution in [2.75, 3.05) is 5.32 Å². The summed E-state index contributed by atoms with van der Waals surface area (Å²) in [5, 5.41) is 12.2. The van der Waals surface area contributed by atoms with Gasteiger partial charge in [0.15, 0.2) is 0 Å². The van der Waals surface area contributed by atoms with Crippen molar-refractivity contribution in [1.29, 1.82) is 0 Å². The second kappa shape index (κ2) is 8.61. The Morgan fingerprint density at radius 3 is 2.24 bits per heavy atom.